The number of hydrogen-bond acceptors (Lipinski definition) is 7. The average Bonchev–Trinajstić information content (AvgIpc) is 3.26. The lowest BCUT2D eigenvalue weighted by Gasteiger charge is -2.07. The number of aryl methyl sites for hydroxylation is 2. The van der Waals surface area contributed by atoms with Gasteiger partial charge in [0.25, 0.3) is 5.69 Å². The predicted molar refractivity (Wildman–Crippen MR) is 92.4 cm³/mol. The van der Waals surface area contributed by atoms with Crippen molar-refractivity contribution in [2.24, 2.45) is 0 Å². The van der Waals surface area contributed by atoms with E-state index in [4.69, 9.17) is 4.42 Å². The summed E-state index contributed by atoms with van der Waals surface area (Å²) in [5, 5.41) is 25.2. The number of nitrogens with zero attached hydrogens (tertiary/aromatic N) is 3. The summed E-state index contributed by atoms with van der Waals surface area (Å²) in [5.41, 5.74) is 1.94. The quantitative estimate of drug-likeness (QED) is 0.532. The number of nitro benzene ring substituents is 1. The minimum atomic E-state index is -0.500. The third-order valence-electron chi connectivity index (χ3n) is 3.51. The zero-order valence-electron chi connectivity index (χ0n) is 13.3. The fraction of sp³-hybridized carbons (Fsp3) is 0.188. The van der Waals surface area contributed by atoms with E-state index < -0.39 is 4.92 Å². The number of thiophene rings is 1. The molecule has 0 fully saturated rings. The largest absolute Gasteiger partial charge is 0.421 e. The summed E-state index contributed by atoms with van der Waals surface area (Å²) in [5.74, 6) is 0.511. The number of rotatable bonds is 6. The number of nitro groups is 1. The van der Waals surface area contributed by atoms with Gasteiger partial charge in [-0.25, -0.2) is 0 Å². The molecule has 8 nitrogen and oxygen atoms in total. The Morgan fingerprint density at radius 3 is 2.92 bits per heavy atom. The first-order valence-electron chi connectivity index (χ1n) is 7.43. The Labute approximate surface area is 146 Å². The van der Waals surface area contributed by atoms with Gasteiger partial charge in [-0.15, -0.1) is 10.2 Å². The molecule has 3 aromatic rings. The number of hydrogen-bond donors (Lipinski definition) is 1. The first-order valence-corrected chi connectivity index (χ1v) is 8.37. The highest BCUT2D eigenvalue weighted by molar-refractivity contribution is 7.08. The number of anilines is 1. The second-order valence-corrected chi connectivity index (χ2v) is 6.10. The van der Waals surface area contributed by atoms with E-state index in [9.17, 15) is 14.9 Å². The van der Waals surface area contributed by atoms with Crippen LogP contribution in [0, 0.1) is 17.0 Å². The lowest BCUT2D eigenvalue weighted by molar-refractivity contribution is -0.384. The molecule has 0 aliphatic carbocycles. The molecule has 0 atom stereocenters. The molecule has 128 valence electrons. The van der Waals surface area contributed by atoms with Crippen molar-refractivity contribution in [2.45, 2.75) is 19.8 Å². The molecular formula is C16H14N4O4S. The van der Waals surface area contributed by atoms with Gasteiger partial charge in [-0.2, -0.15) is 11.3 Å². The lowest BCUT2D eigenvalue weighted by atomic mass is 10.1. The Balaban J connectivity index is 1.60. The molecule has 0 aliphatic rings. The van der Waals surface area contributed by atoms with Crippen LogP contribution in [0.4, 0.5) is 11.4 Å². The number of non-ortho nitro benzene ring substituents is 1. The molecule has 3 rings (SSSR count). The van der Waals surface area contributed by atoms with Crippen molar-refractivity contribution < 1.29 is 14.1 Å². The van der Waals surface area contributed by atoms with Crippen molar-refractivity contribution in [3.8, 4) is 11.5 Å². The van der Waals surface area contributed by atoms with E-state index in [2.05, 4.69) is 15.5 Å². The predicted octanol–water partition coefficient (Wildman–Crippen LogP) is 3.59. The SMILES string of the molecule is Cc1ccc([N+](=O)[O-])cc1NC(=O)CCc1nnc(-c2ccsc2)o1. The first kappa shape index (κ1) is 16.8. The minimum Gasteiger partial charge on any atom is -0.421 e. The second kappa shape index (κ2) is 7.22. The number of benzene rings is 1. The fourth-order valence-electron chi connectivity index (χ4n) is 2.15. The van der Waals surface area contributed by atoms with Crippen molar-refractivity contribution >= 4 is 28.6 Å². The van der Waals surface area contributed by atoms with Crippen LogP contribution in [0.3, 0.4) is 0 Å². The Hall–Kier alpha value is -3.07. The molecule has 0 radical (unpaired) electrons. The minimum absolute atomic E-state index is 0.0711. The van der Waals surface area contributed by atoms with Gasteiger partial charge in [-0.3, -0.25) is 14.9 Å². The first-order chi connectivity index (χ1) is 12.0. The Kier molecular flexibility index (Phi) is 4.85. The lowest BCUT2D eigenvalue weighted by Crippen LogP contribution is -2.13. The van der Waals surface area contributed by atoms with Crippen LogP contribution in [0.15, 0.2) is 39.4 Å². The van der Waals surface area contributed by atoms with E-state index in [-0.39, 0.29) is 24.4 Å². The van der Waals surface area contributed by atoms with Crippen LogP contribution in [0.1, 0.15) is 17.9 Å². The van der Waals surface area contributed by atoms with Crippen LogP contribution in [-0.4, -0.2) is 21.0 Å². The third-order valence-corrected chi connectivity index (χ3v) is 4.19. The van der Waals surface area contributed by atoms with Crippen molar-refractivity contribution in [3.05, 3.63) is 56.6 Å². The number of amides is 1. The highest BCUT2D eigenvalue weighted by Crippen LogP contribution is 2.23. The van der Waals surface area contributed by atoms with Gasteiger partial charge in [0.1, 0.15) is 0 Å². The molecule has 0 spiro atoms. The van der Waals surface area contributed by atoms with E-state index in [1.54, 1.807) is 13.0 Å². The highest BCUT2D eigenvalue weighted by Gasteiger charge is 2.13. The third kappa shape index (κ3) is 4.07. The van der Waals surface area contributed by atoms with Crippen LogP contribution in [0.5, 0.6) is 0 Å². The molecule has 0 unspecified atom stereocenters. The van der Waals surface area contributed by atoms with Gasteiger partial charge in [-0.1, -0.05) is 6.07 Å². The van der Waals surface area contributed by atoms with E-state index >= 15 is 0 Å². The zero-order chi connectivity index (χ0) is 17.8. The summed E-state index contributed by atoms with van der Waals surface area (Å²) in [6, 6.07) is 6.21. The van der Waals surface area contributed by atoms with E-state index in [1.165, 1.54) is 23.5 Å². The van der Waals surface area contributed by atoms with Crippen molar-refractivity contribution in [1.29, 1.82) is 0 Å². The van der Waals surface area contributed by atoms with Crippen molar-refractivity contribution in [3.63, 3.8) is 0 Å². The second-order valence-electron chi connectivity index (χ2n) is 5.32. The fourth-order valence-corrected chi connectivity index (χ4v) is 2.78. The van der Waals surface area contributed by atoms with Gasteiger partial charge in [0.05, 0.1) is 10.6 Å². The maximum absolute atomic E-state index is 12.1. The summed E-state index contributed by atoms with van der Waals surface area (Å²) < 4.78 is 5.52. The number of carbonyl (C=O) groups excluding carboxylic acids is 1. The number of carbonyl (C=O) groups is 1. The molecule has 9 heteroatoms. The highest BCUT2D eigenvalue weighted by atomic mass is 32.1. The van der Waals surface area contributed by atoms with Gasteiger partial charge in [0, 0.05) is 35.9 Å². The van der Waals surface area contributed by atoms with Crippen molar-refractivity contribution in [1.82, 2.24) is 10.2 Å². The molecule has 0 saturated carbocycles. The van der Waals surface area contributed by atoms with E-state index in [0.717, 1.165) is 11.1 Å². The molecule has 2 heterocycles. The smallest absolute Gasteiger partial charge is 0.271 e. The summed E-state index contributed by atoms with van der Waals surface area (Å²) in [6.07, 6.45) is 0.421. The summed E-state index contributed by atoms with van der Waals surface area (Å²) in [6.45, 7) is 1.77. The van der Waals surface area contributed by atoms with Crippen LogP contribution in [0.2, 0.25) is 0 Å². The maximum atomic E-state index is 12.1. The summed E-state index contributed by atoms with van der Waals surface area (Å²) in [4.78, 5) is 22.4. The van der Waals surface area contributed by atoms with Crippen LogP contribution >= 0.6 is 11.3 Å². The normalized spacial score (nSPS) is 10.6. The van der Waals surface area contributed by atoms with Gasteiger partial charge in [0.15, 0.2) is 0 Å². The van der Waals surface area contributed by atoms with Crippen molar-refractivity contribution in [2.75, 3.05) is 5.32 Å². The average molecular weight is 358 g/mol. The Morgan fingerprint density at radius 2 is 2.20 bits per heavy atom. The maximum Gasteiger partial charge on any atom is 0.271 e. The number of nitrogens with one attached hydrogen (secondary N) is 1. The molecule has 2 aromatic heterocycles. The standard InChI is InChI=1S/C16H14N4O4S/c1-10-2-3-12(20(22)23)8-13(10)17-14(21)4-5-15-18-19-16(24-15)11-6-7-25-9-11/h2-3,6-9H,4-5H2,1H3,(H,17,21). The van der Waals surface area contributed by atoms with E-state index in [0.29, 0.717) is 17.5 Å². The molecule has 0 bridgehead atoms. The molecule has 25 heavy (non-hydrogen) atoms. The summed E-state index contributed by atoms with van der Waals surface area (Å²) >= 11 is 1.53. The topological polar surface area (TPSA) is 111 Å². The molecule has 0 saturated heterocycles. The molecule has 0 aliphatic heterocycles. The van der Waals surface area contributed by atoms with Gasteiger partial charge < -0.3 is 9.73 Å². The molecular weight excluding hydrogens is 344 g/mol. The molecule has 1 aromatic carbocycles. The zero-order valence-corrected chi connectivity index (χ0v) is 14.1. The van der Waals surface area contributed by atoms with Crippen LogP contribution < -0.4 is 5.32 Å². The number of aromatic nitrogens is 2. The Bertz CT molecular complexity index is 905. The van der Waals surface area contributed by atoms with Crippen LogP contribution in [0.25, 0.3) is 11.5 Å². The van der Waals surface area contributed by atoms with Gasteiger partial charge >= 0.3 is 0 Å². The van der Waals surface area contributed by atoms with Gasteiger partial charge in [-0.05, 0) is 23.9 Å². The van der Waals surface area contributed by atoms with E-state index in [1.807, 2.05) is 16.8 Å². The monoisotopic (exact) mass is 358 g/mol. The van der Waals surface area contributed by atoms with Gasteiger partial charge in [0.2, 0.25) is 17.7 Å². The van der Waals surface area contributed by atoms with Crippen LogP contribution in [-0.2, 0) is 11.2 Å². The molecule has 1 amide bonds. The molecule has 1 N–H and O–H groups in total. The summed E-state index contributed by atoms with van der Waals surface area (Å²) in [7, 11) is 0. The Morgan fingerprint density at radius 1 is 1.36 bits per heavy atom.